The molecule has 0 aromatic heterocycles. The van der Waals surface area contributed by atoms with E-state index in [9.17, 15) is 25.9 Å². The number of hydrogen-bond donors (Lipinski definition) is 2. The van der Waals surface area contributed by atoms with Crippen LogP contribution in [0.1, 0.15) is 83.8 Å². The highest BCUT2D eigenvalue weighted by Crippen LogP contribution is 2.49. The number of unbranched alkanes of at least 4 members (excludes halogenated alkanes) is 2. The van der Waals surface area contributed by atoms with Gasteiger partial charge in [-0.3, -0.25) is 4.55 Å². The van der Waals surface area contributed by atoms with E-state index in [0.717, 1.165) is 46.9 Å². The first-order valence-electron chi connectivity index (χ1n) is 19.3. The summed E-state index contributed by atoms with van der Waals surface area (Å²) in [5.41, 5.74) is 15.6. The van der Waals surface area contributed by atoms with E-state index in [1.54, 1.807) is 11.8 Å². The maximum Gasteiger partial charge on any atom is 0.264 e. The lowest BCUT2D eigenvalue weighted by atomic mass is 9.81. The fraction of sp³-hybridized carbons (Fsp3) is 0.386. The molecule has 3 N–H and O–H groups in total. The van der Waals surface area contributed by atoms with E-state index in [2.05, 4.69) is 110 Å². The van der Waals surface area contributed by atoms with Crippen molar-refractivity contribution in [3.05, 3.63) is 130 Å². The molecule has 0 radical (unpaired) electrons. The molecule has 2 aliphatic heterocycles. The van der Waals surface area contributed by atoms with Crippen LogP contribution >= 0.6 is 11.8 Å². The molecule has 0 saturated carbocycles. The highest BCUT2D eigenvalue weighted by Gasteiger charge is 2.44. The number of benzene rings is 3. The number of allylic oxidation sites excluding steroid dienone is 7. The Labute approximate surface area is 337 Å². The molecule has 12 heteroatoms. The Morgan fingerprint density at radius 2 is 1.50 bits per heavy atom. The minimum atomic E-state index is -4.27. The fourth-order valence-corrected chi connectivity index (χ4v) is 10.5. The molecule has 9 nitrogen and oxygen atoms in total. The summed E-state index contributed by atoms with van der Waals surface area (Å²) in [5, 5.41) is 0. The van der Waals surface area contributed by atoms with Crippen LogP contribution in [0, 0.1) is 0 Å². The monoisotopic (exact) mass is 815 g/mol. The lowest BCUT2D eigenvalue weighted by molar-refractivity contribution is -0.438. The van der Waals surface area contributed by atoms with E-state index < -0.39 is 20.2 Å². The van der Waals surface area contributed by atoms with Gasteiger partial charge in [0.2, 0.25) is 5.69 Å². The average molecular weight is 816 g/mol. The number of nitrogens with zero attached hydrogens (tertiary/aromatic N) is 2. The van der Waals surface area contributed by atoms with Gasteiger partial charge in [0.1, 0.15) is 6.54 Å². The first kappa shape index (κ1) is 41.7. The molecule has 0 atom stereocenters. The van der Waals surface area contributed by atoms with Crippen LogP contribution in [0.15, 0.2) is 124 Å². The lowest BCUT2D eigenvalue weighted by Gasteiger charge is -2.27. The zero-order valence-electron chi connectivity index (χ0n) is 32.7. The zero-order chi connectivity index (χ0) is 40.3. The summed E-state index contributed by atoms with van der Waals surface area (Å²) < 4.78 is 68.6. The lowest BCUT2D eigenvalue weighted by Crippen LogP contribution is -2.28. The smallest absolute Gasteiger partial charge is 0.264 e. The molecule has 1 aliphatic carbocycles. The second kappa shape index (κ2) is 16.9. The van der Waals surface area contributed by atoms with Crippen molar-refractivity contribution in [2.45, 2.75) is 88.4 Å². The van der Waals surface area contributed by atoms with Gasteiger partial charge in [-0.25, -0.2) is 8.42 Å². The third-order valence-electron chi connectivity index (χ3n) is 11.1. The largest absolute Gasteiger partial charge is 0.748 e. The summed E-state index contributed by atoms with van der Waals surface area (Å²) in [6.07, 6.45) is 13.6. The predicted octanol–water partition coefficient (Wildman–Crippen LogP) is 9.03. The molecule has 0 fully saturated rings. The molecule has 2 heterocycles. The fourth-order valence-electron chi connectivity index (χ4n) is 8.23. The van der Waals surface area contributed by atoms with E-state index in [1.807, 2.05) is 24.3 Å². The van der Waals surface area contributed by atoms with E-state index in [4.69, 9.17) is 5.73 Å². The van der Waals surface area contributed by atoms with Crippen LogP contribution in [-0.4, -0.2) is 60.8 Å². The minimum Gasteiger partial charge on any atom is -0.748 e. The normalized spacial score (nSPS) is 19.4. The first-order valence-corrected chi connectivity index (χ1v) is 23.3. The molecule has 298 valence electrons. The molecule has 3 aromatic carbocycles. The van der Waals surface area contributed by atoms with Crippen molar-refractivity contribution in [1.29, 1.82) is 0 Å². The van der Waals surface area contributed by atoms with Crippen molar-refractivity contribution in [2.75, 3.05) is 35.2 Å². The Morgan fingerprint density at radius 1 is 0.821 bits per heavy atom. The van der Waals surface area contributed by atoms with Gasteiger partial charge >= 0.3 is 0 Å². The van der Waals surface area contributed by atoms with Gasteiger partial charge in [0.05, 0.1) is 21.3 Å². The molecule has 0 amide bonds. The number of rotatable bonds is 15. The Hall–Kier alpha value is -3.94. The minimum absolute atomic E-state index is 0.256. The van der Waals surface area contributed by atoms with Gasteiger partial charge in [0.25, 0.3) is 10.1 Å². The number of nitrogens with two attached hydrogens (primary N) is 1. The van der Waals surface area contributed by atoms with Crippen molar-refractivity contribution >= 4 is 54.8 Å². The Balaban J connectivity index is 1.40. The molecule has 56 heavy (non-hydrogen) atoms. The number of hydrogen-bond acceptors (Lipinski definition) is 8. The van der Waals surface area contributed by atoms with Crippen LogP contribution in [0.25, 0.3) is 0 Å². The van der Waals surface area contributed by atoms with Crippen molar-refractivity contribution in [1.82, 2.24) is 0 Å². The maximum absolute atomic E-state index is 11.5. The van der Waals surface area contributed by atoms with Crippen LogP contribution in [0.3, 0.4) is 0 Å². The molecule has 0 bridgehead atoms. The summed E-state index contributed by atoms with van der Waals surface area (Å²) in [6, 6.07) is 24.7. The van der Waals surface area contributed by atoms with Gasteiger partial charge in [-0.1, -0.05) is 74.2 Å². The van der Waals surface area contributed by atoms with E-state index in [-0.39, 0.29) is 22.3 Å². The first-order chi connectivity index (χ1) is 26.5. The van der Waals surface area contributed by atoms with Crippen molar-refractivity contribution in [3.63, 3.8) is 0 Å². The SMILES string of the molecule is CC1(C)C(/C=C/C2=C(Sc3ccc(N)cc3)C(=C/C=C3/N(CCCCS(=O)(=O)[O-])c4ccccc4C3(C)C)/CCC2)=[N+](CCCCS(=O)(=O)O)c2ccccc21. The average Bonchev–Trinajstić information content (AvgIpc) is 3.49. The maximum atomic E-state index is 11.5. The molecule has 3 aromatic rings. The van der Waals surface area contributed by atoms with Gasteiger partial charge in [-0.2, -0.15) is 13.0 Å². The third kappa shape index (κ3) is 9.59. The Morgan fingerprint density at radius 3 is 2.21 bits per heavy atom. The van der Waals surface area contributed by atoms with Crippen LogP contribution < -0.4 is 10.6 Å². The molecule has 0 unspecified atom stereocenters. The number of para-hydroxylation sites is 2. The number of fused-ring (bicyclic) bond motifs is 2. The quantitative estimate of drug-likeness (QED) is 0.0665. The van der Waals surface area contributed by atoms with Crippen molar-refractivity contribution in [2.24, 2.45) is 0 Å². The summed E-state index contributed by atoms with van der Waals surface area (Å²) in [5.74, 6) is -0.621. The van der Waals surface area contributed by atoms with Crippen molar-refractivity contribution < 1.29 is 30.5 Å². The van der Waals surface area contributed by atoms with Crippen LogP contribution in [0.2, 0.25) is 0 Å². The summed E-state index contributed by atoms with van der Waals surface area (Å²) in [6.45, 7) is 10.1. The molecule has 0 spiro atoms. The van der Waals surface area contributed by atoms with Crippen LogP contribution in [0.4, 0.5) is 17.1 Å². The second-order valence-corrected chi connectivity index (χ2v) is 20.1. The Kier molecular flexibility index (Phi) is 12.6. The van der Waals surface area contributed by atoms with E-state index >= 15 is 0 Å². The van der Waals surface area contributed by atoms with Gasteiger partial charge < -0.3 is 15.2 Å². The number of nitrogen functional groups attached to an aromatic ring is 1. The van der Waals surface area contributed by atoms with E-state index in [0.29, 0.717) is 44.5 Å². The summed E-state index contributed by atoms with van der Waals surface area (Å²) in [7, 11) is -8.29. The molecular formula is C44H53N3O6S3. The highest BCUT2D eigenvalue weighted by atomic mass is 32.2. The third-order valence-corrected chi connectivity index (χ3v) is 13.9. The van der Waals surface area contributed by atoms with Gasteiger partial charge in [-0.15, -0.1) is 0 Å². The van der Waals surface area contributed by atoms with Crippen LogP contribution in [-0.2, 0) is 31.1 Å². The number of thioether (sulfide) groups is 1. The van der Waals surface area contributed by atoms with Gasteiger partial charge in [0, 0.05) is 68.7 Å². The van der Waals surface area contributed by atoms with Gasteiger partial charge in [0.15, 0.2) is 5.71 Å². The second-order valence-electron chi connectivity index (χ2n) is 15.9. The molecule has 6 rings (SSSR count). The highest BCUT2D eigenvalue weighted by molar-refractivity contribution is 8.03. The Bertz CT molecular complexity index is 2340. The zero-order valence-corrected chi connectivity index (χ0v) is 35.2. The van der Waals surface area contributed by atoms with Crippen molar-refractivity contribution in [3.8, 4) is 0 Å². The molecule has 3 aliphatic rings. The predicted molar refractivity (Wildman–Crippen MR) is 228 cm³/mol. The molecule has 0 saturated heterocycles. The topological polar surface area (TPSA) is 144 Å². The number of anilines is 2. The summed E-state index contributed by atoms with van der Waals surface area (Å²) >= 11 is 1.74. The van der Waals surface area contributed by atoms with E-state index in [1.165, 1.54) is 27.2 Å². The molecular weight excluding hydrogens is 763 g/mol. The van der Waals surface area contributed by atoms with Gasteiger partial charge in [-0.05, 0) is 105 Å². The standard InChI is InChI=1S/C44H53N3O6S3/c1-43(2)36-16-5-7-18-38(36)46(28-9-11-30-55(48,49)50)40(43)26-20-32-14-13-15-33(42(32)54-35-24-22-34(45)23-25-35)21-27-41-44(3,4)37-17-6-8-19-39(37)47(41)29-10-12-31-56(51,52)53/h5-8,16-27H,9-15,28-31,45H2,1-4H3,(H-,48,49,50,51,52,53). The summed E-state index contributed by atoms with van der Waals surface area (Å²) in [4.78, 5) is 4.57. The van der Waals surface area contributed by atoms with Crippen LogP contribution in [0.5, 0.6) is 0 Å².